The Morgan fingerprint density at radius 1 is 1.20 bits per heavy atom. The Kier molecular flexibility index (Phi) is 4.90. The fraction of sp³-hybridized carbons (Fsp3) is 0.500. The summed E-state index contributed by atoms with van der Waals surface area (Å²) in [5, 5.41) is 3.20. The fourth-order valence-corrected chi connectivity index (χ4v) is 2.35. The predicted octanol–water partition coefficient (Wildman–Crippen LogP) is 2.08. The normalized spacial score (nSPS) is 17.4. The second-order valence-electron chi connectivity index (χ2n) is 5.56. The molecular formula is C16H21NO3. The minimum absolute atomic E-state index is 0.240. The van der Waals surface area contributed by atoms with Crippen LogP contribution in [0.15, 0.2) is 30.3 Å². The second-order valence-corrected chi connectivity index (χ2v) is 5.56. The molecule has 0 spiro atoms. The molecule has 1 fully saturated rings. The molecule has 1 heterocycles. The molecule has 1 N–H and O–H groups in total. The lowest BCUT2D eigenvalue weighted by Gasteiger charge is -2.30. The number of esters is 2. The van der Waals surface area contributed by atoms with Gasteiger partial charge in [0.1, 0.15) is 0 Å². The minimum Gasteiger partial charge on any atom is -0.393 e. The summed E-state index contributed by atoms with van der Waals surface area (Å²) >= 11 is 0. The molecule has 108 valence electrons. The van der Waals surface area contributed by atoms with Gasteiger partial charge in [-0.3, -0.25) is 9.59 Å². The van der Waals surface area contributed by atoms with Gasteiger partial charge in [-0.25, -0.2) is 0 Å². The summed E-state index contributed by atoms with van der Waals surface area (Å²) in [6, 6.07) is 9.72. The van der Waals surface area contributed by atoms with Crippen LogP contribution in [-0.2, 0) is 20.7 Å². The molecule has 0 radical (unpaired) electrons. The number of carbonyl (C=O) groups is 2. The van der Waals surface area contributed by atoms with E-state index in [1.165, 1.54) is 0 Å². The van der Waals surface area contributed by atoms with E-state index in [4.69, 9.17) is 4.74 Å². The summed E-state index contributed by atoms with van der Waals surface area (Å²) in [5.41, 5.74) is 0.554. The van der Waals surface area contributed by atoms with E-state index in [2.05, 4.69) is 5.32 Å². The summed E-state index contributed by atoms with van der Waals surface area (Å²) in [6.45, 7) is 3.47. The molecule has 1 aromatic rings. The third-order valence-electron chi connectivity index (χ3n) is 3.87. The molecule has 20 heavy (non-hydrogen) atoms. The molecule has 0 saturated carbocycles. The highest BCUT2D eigenvalue weighted by molar-refractivity contribution is 5.88. The third kappa shape index (κ3) is 3.90. The van der Waals surface area contributed by atoms with E-state index >= 15 is 0 Å². The Morgan fingerprint density at radius 2 is 1.85 bits per heavy atom. The Morgan fingerprint density at radius 3 is 2.50 bits per heavy atom. The molecule has 1 aliphatic heterocycles. The molecule has 4 nitrogen and oxygen atoms in total. The largest absolute Gasteiger partial charge is 0.393 e. The number of hydrogen-bond donors (Lipinski definition) is 1. The predicted molar refractivity (Wildman–Crippen MR) is 76.1 cm³/mol. The van der Waals surface area contributed by atoms with Gasteiger partial charge in [0, 0.05) is 0 Å². The highest BCUT2D eigenvalue weighted by Crippen LogP contribution is 2.29. The van der Waals surface area contributed by atoms with Gasteiger partial charge in [-0.1, -0.05) is 30.3 Å². The molecule has 0 bridgehead atoms. The first-order valence-electron chi connectivity index (χ1n) is 7.10. The van der Waals surface area contributed by atoms with Gasteiger partial charge in [0.25, 0.3) is 0 Å². The van der Waals surface area contributed by atoms with Crippen LogP contribution in [0.2, 0.25) is 0 Å². The summed E-state index contributed by atoms with van der Waals surface area (Å²) in [7, 11) is 0. The summed E-state index contributed by atoms with van der Waals surface area (Å²) < 4.78 is 5.01. The quantitative estimate of drug-likeness (QED) is 0.675. The zero-order valence-electron chi connectivity index (χ0n) is 11.9. The molecule has 0 aliphatic carbocycles. The topological polar surface area (TPSA) is 55.4 Å². The highest BCUT2D eigenvalue weighted by atomic mass is 16.6. The lowest BCUT2D eigenvalue weighted by Crippen LogP contribution is -2.41. The molecule has 1 aliphatic rings. The van der Waals surface area contributed by atoms with Crippen LogP contribution in [0.25, 0.3) is 0 Å². The third-order valence-corrected chi connectivity index (χ3v) is 3.87. The van der Waals surface area contributed by atoms with Gasteiger partial charge in [0.15, 0.2) is 0 Å². The zero-order valence-corrected chi connectivity index (χ0v) is 11.9. The monoisotopic (exact) mass is 275 g/mol. The van der Waals surface area contributed by atoms with E-state index in [-0.39, 0.29) is 12.4 Å². The fourth-order valence-electron chi connectivity index (χ4n) is 2.35. The molecule has 0 aromatic heterocycles. The number of hydrogen-bond acceptors (Lipinski definition) is 4. The van der Waals surface area contributed by atoms with Crippen molar-refractivity contribution >= 4 is 11.9 Å². The van der Waals surface area contributed by atoms with Crippen LogP contribution in [0.4, 0.5) is 0 Å². The zero-order chi connectivity index (χ0) is 14.4. The Hall–Kier alpha value is -1.68. The van der Waals surface area contributed by atoms with Gasteiger partial charge in [-0.05, 0) is 44.8 Å². The first kappa shape index (κ1) is 14.7. The highest BCUT2D eigenvalue weighted by Gasteiger charge is 2.37. The number of nitrogens with one attached hydrogen (secondary N) is 1. The maximum absolute atomic E-state index is 12.1. The number of rotatable bonds is 4. The molecule has 0 atom stereocenters. The van der Waals surface area contributed by atoms with Crippen molar-refractivity contribution in [3.8, 4) is 0 Å². The Bertz CT molecular complexity index is 464. The van der Waals surface area contributed by atoms with E-state index in [9.17, 15) is 9.59 Å². The summed E-state index contributed by atoms with van der Waals surface area (Å²) in [5.74, 6) is -0.810. The smallest absolute Gasteiger partial charge is 0.319 e. The molecule has 0 unspecified atom stereocenters. The Labute approximate surface area is 119 Å². The van der Waals surface area contributed by atoms with Crippen molar-refractivity contribution in [2.45, 2.75) is 32.6 Å². The van der Waals surface area contributed by atoms with Crippen LogP contribution >= 0.6 is 0 Å². The Balaban J connectivity index is 1.80. The van der Waals surface area contributed by atoms with Crippen molar-refractivity contribution in [1.82, 2.24) is 5.32 Å². The van der Waals surface area contributed by atoms with Gasteiger partial charge in [-0.2, -0.15) is 0 Å². The molecule has 1 aromatic carbocycles. The standard InChI is InChI=1S/C16H21NO3/c1-16(9-11-17-12-10-16)15(19)20-14(18)8-7-13-5-3-2-4-6-13/h2-6,17H,7-12H2,1H3. The molecule has 4 heteroatoms. The number of aryl methyl sites for hydroxylation is 1. The second kappa shape index (κ2) is 6.66. The maximum atomic E-state index is 12.1. The molecule has 0 amide bonds. The van der Waals surface area contributed by atoms with Gasteiger partial charge in [0.2, 0.25) is 0 Å². The number of piperidine rings is 1. The van der Waals surface area contributed by atoms with E-state index in [1.54, 1.807) is 0 Å². The van der Waals surface area contributed by atoms with Gasteiger partial charge in [0.05, 0.1) is 11.8 Å². The summed E-state index contributed by atoms with van der Waals surface area (Å²) in [4.78, 5) is 23.8. The van der Waals surface area contributed by atoms with E-state index in [0.717, 1.165) is 31.5 Å². The van der Waals surface area contributed by atoms with Crippen LogP contribution in [0.5, 0.6) is 0 Å². The number of benzene rings is 1. The molecular weight excluding hydrogens is 254 g/mol. The van der Waals surface area contributed by atoms with Crippen LogP contribution in [0.1, 0.15) is 31.7 Å². The molecule has 1 saturated heterocycles. The van der Waals surface area contributed by atoms with Crippen molar-refractivity contribution in [3.63, 3.8) is 0 Å². The van der Waals surface area contributed by atoms with Crippen LogP contribution in [0.3, 0.4) is 0 Å². The number of ether oxygens (including phenoxy) is 1. The lowest BCUT2D eigenvalue weighted by molar-refractivity contribution is -0.168. The van der Waals surface area contributed by atoms with Crippen LogP contribution in [-0.4, -0.2) is 25.0 Å². The van der Waals surface area contributed by atoms with Crippen LogP contribution in [0, 0.1) is 5.41 Å². The van der Waals surface area contributed by atoms with Crippen LogP contribution < -0.4 is 5.32 Å². The van der Waals surface area contributed by atoms with E-state index < -0.39 is 11.4 Å². The average Bonchev–Trinajstić information content (AvgIpc) is 2.47. The van der Waals surface area contributed by atoms with Gasteiger partial charge < -0.3 is 10.1 Å². The first-order chi connectivity index (χ1) is 9.60. The van der Waals surface area contributed by atoms with Gasteiger partial charge >= 0.3 is 11.9 Å². The van der Waals surface area contributed by atoms with E-state index in [1.807, 2.05) is 37.3 Å². The van der Waals surface area contributed by atoms with Crippen molar-refractivity contribution in [1.29, 1.82) is 0 Å². The average molecular weight is 275 g/mol. The molecule has 2 rings (SSSR count). The minimum atomic E-state index is -0.520. The van der Waals surface area contributed by atoms with E-state index in [0.29, 0.717) is 6.42 Å². The maximum Gasteiger partial charge on any atom is 0.319 e. The van der Waals surface area contributed by atoms with Crippen molar-refractivity contribution in [3.05, 3.63) is 35.9 Å². The SMILES string of the molecule is CC1(C(=O)OC(=O)CCc2ccccc2)CCNCC1. The van der Waals surface area contributed by atoms with Gasteiger partial charge in [-0.15, -0.1) is 0 Å². The summed E-state index contributed by atoms with van der Waals surface area (Å²) in [6.07, 6.45) is 2.28. The number of carbonyl (C=O) groups excluding carboxylic acids is 2. The lowest BCUT2D eigenvalue weighted by atomic mass is 9.81. The van der Waals surface area contributed by atoms with Crippen molar-refractivity contribution < 1.29 is 14.3 Å². The van der Waals surface area contributed by atoms with Crippen molar-refractivity contribution in [2.75, 3.05) is 13.1 Å². The van der Waals surface area contributed by atoms with Crippen molar-refractivity contribution in [2.24, 2.45) is 5.41 Å². The first-order valence-corrected chi connectivity index (χ1v) is 7.10.